The Bertz CT molecular complexity index is 1080. The predicted octanol–water partition coefficient (Wildman–Crippen LogP) is 3.33. The van der Waals surface area contributed by atoms with Gasteiger partial charge in [-0.25, -0.2) is 14.5 Å². The standard InChI is InChI=1S/C19H15ClF2N4O5/c1-29-15-4-2-3-12(17(15)31-19(21)22)18(28)30-8-16(27)25-13-7-11(20)5-6-14(13)26-10-23-9-24-26/h2-7,9-10,19H,8H2,1H3,(H,25,27). The van der Waals surface area contributed by atoms with Crippen molar-refractivity contribution in [1.82, 2.24) is 14.8 Å². The van der Waals surface area contributed by atoms with Crippen molar-refractivity contribution in [1.29, 1.82) is 0 Å². The number of ether oxygens (including phenoxy) is 3. The van der Waals surface area contributed by atoms with Gasteiger partial charge in [-0.15, -0.1) is 0 Å². The number of rotatable bonds is 8. The van der Waals surface area contributed by atoms with Gasteiger partial charge in [-0.1, -0.05) is 17.7 Å². The smallest absolute Gasteiger partial charge is 0.387 e. The van der Waals surface area contributed by atoms with E-state index in [0.717, 1.165) is 0 Å². The molecule has 2 aromatic carbocycles. The first-order valence-corrected chi connectivity index (χ1v) is 9.00. The van der Waals surface area contributed by atoms with Crippen LogP contribution in [-0.4, -0.2) is 47.0 Å². The van der Waals surface area contributed by atoms with Gasteiger partial charge in [0.15, 0.2) is 18.1 Å². The van der Waals surface area contributed by atoms with Crippen molar-refractivity contribution in [3.8, 4) is 17.2 Å². The maximum atomic E-state index is 12.7. The van der Waals surface area contributed by atoms with E-state index >= 15 is 0 Å². The number of alkyl halides is 2. The third-order valence-electron chi connectivity index (χ3n) is 3.86. The van der Waals surface area contributed by atoms with E-state index in [4.69, 9.17) is 21.1 Å². The summed E-state index contributed by atoms with van der Waals surface area (Å²) >= 11 is 5.99. The summed E-state index contributed by atoms with van der Waals surface area (Å²) in [5.41, 5.74) is 0.447. The van der Waals surface area contributed by atoms with Crippen molar-refractivity contribution in [3.05, 3.63) is 59.6 Å². The number of nitrogens with zero attached hydrogens (tertiary/aromatic N) is 3. The molecule has 0 aliphatic carbocycles. The zero-order valence-corrected chi connectivity index (χ0v) is 16.7. The summed E-state index contributed by atoms with van der Waals surface area (Å²) in [5.74, 6) is -2.33. The minimum Gasteiger partial charge on any atom is -0.493 e. The highest BCUT2D eigenvalue weighted by atomic mass is 35.5. The fourth-order valence-electron chi connectivity index (χ4n) is 2.58. The second-order valence-electron chi connectivity index (χ2n) is 5.84. The molecule has 1 amide bonds. The summed E-state index contributed by atoms with van der Waals surface area (Å²) in [6.07, 6.45) is 2.74. The minimum atomic E-state index is -3.19. The molecule has 0 atom stereocenters. The van der Waals surface area contributed by atoms with Crippen LogP contribution in [0.4, 0.5) is 14.5 Å². The number of anilines is 1. The quantitative estimate of drug-likeness (QED) is 0.523. The van der Waals surface area contributed by atoms with Crippen molar-refractivity contribution in [2.24, 2.45) is 0 Å². The van der Waals surface area contributed by atoms with E-state index in [2.05, 4.69) is 20.1 Å². The van der Waals surface area contributed by atoms with Crippen LogP contribution in [0.3, 0.4) is 0 Å². The van der Waals surface area contributed by atoms with Crippen LogP contribution in [0.1, 0.15) is 10.4 Å². The molecule has 0 radical (unpaired) electrons. The van der Waals surface area contributed by atoms with Gasteiger partial charge in [0.05, 0.1) is 18.5 Å². The van der Waals surface area contributed by atoms with Gasteiger partial charge < -0.3 is 19.5 Å². The number of para-hydroxylation sites is 1. The molecule has 1 aromatic heterocycles. The molecule has 3 aromatic rings. The summed E-state index contributed by atoms with van der Waals surface area (Å²) in [6, 6.07) is 8.63. The molecule has 12 heteroatoms. The number of carbonyl (C=O) groups excluding carboxylic acids is 2. The lowest BCUT2D eigenvalue weighted by Crippen LogP contribution is -2.22. The van der Waals surface area contributed by atoms with Crippen LogP contribution in [0, 0.1) is 0 Å². The van der Waals surface area contributed by atoms with Crippen molar-refractivity contribution < 1.29 is 32.6 Å². The number of halogens is 3. The number of carbonyl (C=O) groups is 2. The lowest BCUT2D eigenvalue weighted by atomic mass is 10.2. The Morgan fingerprint density at radius 1 is 1.26 bits per heavy atom. The van der Waals surface area contributed by atoms with E-state index in [1.807, 2.05) is 0 Å². The Balaban J connectivity index is 1.71. The topological polar surface area (TPSA) is 105 Å². The van der Waals surface area contributed by atoms with E-state index in [1.54, 1.807) is 12.1 Å². The number of benzene rings is 2. The molecule has 0 saturated heterocycles. The van der Waals surface area contributed by atoms with Crippen molar-refractivity contribution in [2.75, 3.05) is 19.0 Å². The number of aromatic nitrogens is 3. The number of nitrogens with one attached hydrogen (secondary N) is 1. The molecule has 0 spiro atoms. The summed E-state index contributed by atoms with van der Waals surface area (Å²) in [6.45, 7) is -3.89. The highest BCUT2D eigenvalue weighted by molar-refractivity contribution is 6.31. The van der Waals surface area contributed by atoms with Crippen LogP contribution in [0.2, 0.25) is 5.02 Å². The largest absolute Gasteiger partial charge is 0.493 e. The molecule has 1 heterocycles. The molecule has 31 heavy (non-hydrogen) atoms. The minimum absolute atomic E-state index is 0.0874. The lowest BCUT2D eigenvalue weighted by Gasteiger charge is -2.14. The molecular weight excluding hydrogens is 438 g/mol. The van der Waals surface area contributed by atoms with Crippen molar-refractivity contribution >= 4 is 29.2 Å². The molecule has 0 aliphatic heterocycles. The van der Waals surface area contributed by atoms with Crippen LogP contribution < -0.4 is 14.8 Å². The Labute approximate surface area is 179 Å². The normalized spacial score (nSPS) is 10.6. The summed E-state index contributed by atoms with van der Waals surface area (Å²) in [7, 11) is 1.23. The van der Waals surface area contributed by atoms with Gasteiger partial charge in [-0.05, 0) is 30.3 Å². The highest BCUT2D eigenvalue weighted by Gasteiger charge is 2.22. The van der Waals surface area contributed by atoms with Gasteiger partial charge in [-0.3, -0.25) is 4.79 Å². The van der Waals surface area contributed by atoms with Crippen molar-refractivity contribution in [2.45, 2.75) is 6.61 Å². The summed E-state index contributed by atoms with van der Waals surface area (Å²) in [4.78, 5) is 28.5. The molecule has 0 saturated carbocycles. The van der Waals surface area contributed by atoms with Gasteiger partial charge in [0.25, 0.3) is 5.91 Å². The Kier molecular flexibility index (Phi) is 6.98. The Morgan fingerprint density at radius 3 is 2.74 bits per heavy atom. The van der Waals surface area contributed by atoms with Gasteiger partial charge in [0.1, 0.15) is 18.2 Å². The maximum absolute atomic E-state index is 12.7. The van der Waals surface area contributed by atoms with Crippen LogP contribution in [0.25, 0.3) is 5.69 Å². The first-order valence-electron chi connectivity index (χ1n) is 8.62. The number of esters is 1. The van der Waals surface area contributed by atoms with E-state index in [9.17, 15) is 18.4 Å². The van der Waals surface area contributed by atoms with Crippen LogP contribution in [0.5, 0.6) is 11.5 Å². The lowest BCUT2D eigenvalue weighted by molar-refractivity contribution is -0.119. The molecule has 3 rings (SSSR count). The first-order chi connectivity index (χ1) is 14.9. The molecule has 0 unspecified atom stereocenters. The third kappa shape index (κ3) is 5.45. The fraction of sp³-hybridized carbons (Fsp3) is 0.158. The predicted molar refractivity (Wildman–Crippen MR) is 105 cm³/mol. The number of amides is 1. The number of hydrogen-bond donors (Lipinski definition) is 1. The average Bonchev–Trinajstić information content (AvgIpc) is 3.26. The Hall–Kier alpha value is -3.73. The fourth-order valence-corrected chi connectivity index (χ4v) is 2.76. The van der Waals surface area contributed by atoms with Crippen LogP contribution in [-0.2, 0) is 9.53 Å². The Morgan fingerprint density at radius 2 is 2.06 bits per heavy atom. The summed E-state index contributed by atoms with van der Waals surface area (Å²) < 4.78 is 41.1. The monoisotopic (exact) mass is 452 g/mol. The second kappa shape index (κ2) is 9.85. The number of hydrogen-bond acceptors (Lipinski definition) is 7. The van der Waals surface area contributed by atoms with E-state index in [-0.39, 0.29) is 11.3 Å². The molecule has 0 aliphatic rings. The second-order valence-corrected chi connectivity index (χ2v) is 6.28. The van der Waals surface area contributed by atoms with Gasteiger partial charge in [0.2, 0.25) is 0 Å². The third-order valence-corrected chi connectivity index (χ3v) is 4.09. The molecule has 9 nitrogen and oxygen atoms in total. The zero-order valence-electron chi connectivity index (χ0n) is 15.9. The SMILES string of the molecule is COc1cccc(C(=O)OCC(=O)Nc2cc(Cl)ccc2-n2cncn2)c1OC(F)F. The zero-order chi connectivity index (χ0) is 22.4. The average molecular weight is 453 g/mol. The molecule has 0 bridgehead atoms. The highest BCUT2D eigenvalue weighted by Crippen LogP contribution is 2.33. The van der Waals surface area contributed by atoms with Crippen LogP contribution >= 0.6 is 11.6 Å². The molecule has 1 N–H and O–H groups in total. The first kappa shape index (κ1) is 22.0. The molecule has 0 fully saturated rings. The van der Waals surface area contributed by atoms with Crippen LogP contribution in [0.15, 0.2) is 49.1 Å². The van der Waals surface area contributed by atoms with Crippen molar-refractivity contribution in [3.63, 3.8) is 0 Å². The van der Waals surface area contributed by atoms with E-state index in [0.29, 0.717) is 16.4 Å². The molecule has 162 valence electrons. The maximum Gasteiger partial charge on any atom is 0.387 e. The van der Waals surface area contributed by atoms with Gasteiger partial charge in [-0.2, -0.15) is 13.9 Å². The van der Waals surface area contributed by atoms with E-state index in [1.165, 1.54) is 48.7 Å². The molecular formula is C19H15ClF2N4O5. The van der Waals surface area contributed by atoms with Gasteiger partial charge >= 0.3 is 12.6 Å². The van der Waals surface area contributed by atoms with Gasteiger partial charge in [0, 0.05) is 5.02 Å². The van der Waals surface area contributed by atoms with E-state index < -0.39 is 30.8 Å². The summed E-state index contributed by atoms with van der Waals surface area (Å²) in [5, 5.41) is 6.89. The number of methoxy groups -OCH3 is 1.